The third-order valence-corrected chi connectivity index (χ3v) is 5.13. The summed E-state index contributed by atoms with van der Waals surface area (Å²) < 4.78 is 23.4. The van der Waals surface area contributed by atoms with Gasteiger partial charge in [-0.1, -0.05) is 54.6 Å². The number of hydrogen-bond acceptors (Lipinski definition) is 6. The predicted molar refractivity (Wildman–Crippen MR) is 110 cm³/mol. The van der Waals surface area contributed by atoms with Crippen LogP contribution >= 0.6 is 0 Å². The van der Waals surface area contributed by atoms with Gasteiger partial charge in [0.25, 0.3) is 0 Å². The van der Waals surface area contributed by atoms with E-state index < -0.39 is 10.0 Å². The Hall–Kier alpha value is -3.49. The molecule has 3 aromatic carbocycles. The van der Waals surface area contributed by atoms with Crippen molar-refractivity contribution in [1.82, 2.24) is 10.2 Å². The Kier molecular flexibility index (Phi) is 4.64. The molecular formula is C20H17N5O2S. The molecule has 7 nitrogen and oxygen atoms in total. The van der Waals surface area contributed by atoms with E-state index in [1.165, 1.54) is 12.1 Å². The third kappa shape index (κ3) is 3.64. The Labute approximate surface area is 162 Å². The number of nitrogens with zero attached hydrogens (tertiary/aromatic N) is 2. The maximum atomic E-state index is 11.7. The van der Waals surface area contributed by atoms with Crippen LogP contribution in [0.4, 0.5) is 11.5 Å². The van der Waals surface area contributed by atoms with Crippen molar-refractivity contribution in [2.45, 2.75) is 4.90 Å². The van der Waals surface area contributed by atoms with Crippen molar-refractivity contribution in [2.75, 3.05) is 10.9 Å². The van der Waals surface area contributed by atoms with E-state index in [0.717, 1.165) is 16.5 Å². The topological polar surface area (TPSA) is 110 Å². The Bertz CT molecular complexity index is 1240. The quantitative estimate of drug-likeness (QED) is 0.450. The molecule has 0 saturated carbocycles. The van der Waals surface area contributed by atoms with Gasteiger partial charge in [-0.05, 0) is 24.3 Å². The van der Waals surface area contributed by atoms with E-state index in [-0.39, 0.29) is 4.90 Å². The fourth-order valence-electron chi connectivity index (χ4n) is 2.88. The van der Waals surface area contributed by atoms with Crippen LogP contribution in [0.25, 0.3) is 22.0 Å². The molecule has 0 spiro atoms. The van der Waals surface area contributed by atoms with Gasteiger partial charge in [0.2, 0.25) is 10.0 Å². The Morgan fingerprint density at radius 2 is 1.46 bits per heavy atom. The summed E-state index contributed by atoms with van der Waals surface area (Å²) in [6.45, 7) is 0. The first-order valence-electron chi connectivity index (χ1n) is 8.48. The van der Waals surface area contributed by atoms with Gasteiger partial charge in [0.15, 0.2) is 5.82 Å². The van der Waals surface area contributed by atoms with Crippen LogP contribution in [-0.4, -0.2) is 18.6 Å². The molecule has 4 rings (SSSR count). The van der Waals surface area contributed by atoms with Crippen LogP contribution in [-0.2, 0) is 10.0 Å². The number of nitrogens with two attached hydrogens (primary N) is 1. The number of aromatic nitrogens is 2. The molecule has 0 aliphatic rings. The summed E-state index contributed by atoms with van der Waals surface area (Å²) in [5, 5.41) is 15.5. The standard InChI is InChI=1S/C20H17N5O2S/c21-28(26,27)16-10-6-7-14(13-16)19-17-11-4-5-12-18(17)20(25-23-19)24-22-15-8-2-1-3-9-15/h1-13,22H,(H,24,25)(H2,21,26,27). The maximum absolute atomic E-state index is 11.7. The smallest absolute Gasteiger partial charge is 0.238 e. The van der Waals surface area contributed by atoms with Crippen LogP contribution in [0, 0.1) is 0 Å². The zero-order valence-electron chi connectivity index (χ0n) is 14.7. The summed E-state index contributed by atoms with van der Waals surface area (Å²) in [6, 6.07) is 23.6. The minimum absolute atomic E-state index is 0.0313. The van der Waals surface area contributed by atoms with E-state index in [4.69, 9.17) is 5.14 Å². The number of primary sulfonamides is 1. The molecule has 4 aromatic rings. The van der Waals surface area contributed by atoms with Gasteiger partial charge < -0.3 is 0 Å². The highest BCUT2D eigenvalue weighted by Crippen LogP contribution is 2.30. The summed E-state index contributed by atoms with van der Waals surface area (Å²) in [7, 11) is -3.80. The van der Waals surface area contributed by atoms with Gasteiger partial charge in [0.05, 0.1) is 10.6 Å². The van der Waals surface area contributed by atoms with E-state index in [9.17, 15) is 8.42 Å². The first kappa shape index (κ1) is 17.9. The molecule has 0 fully saturated rings. The van der Waals surface area contributed by atoms with Crippen molar-refractivity contribution in [3.8, 4) is 11.3 Å². The Balaban J connectivity index is 1.76. The highest BCUT2D eigenvalue weighted by Gasteiger charge is 2.14. The molecule has 28 heavy (non-hydrogen) atoms. The number of nitrogens with one attached hydrogen (secondary N) is 2. The molecule has 0 amide bonds. The second-order valence-corrected chi connectivity index (χ2v) is 7.69. The number of fused-ring (bicyclic) bond motifs is 1. The summed E-state index contributed by atoms with van der Waals surface area (Å²) in [5.41, 5.74) is 8.26. The monoisotopic (exact) mass is 391 g/mol. The Morgan fingerprint density at radius 3 is 2.21 bits per heavy atom. The molecule has 1 aromatic heterocycles. The van der Waals surface area contributed by atoms with Crippen molar-refractivity contribution in [2.24, 2.45) is 5.14 Å². The largest absolute Gasteiger partial charge is 0.300 e. The molecule has 0 radical (unpaired) electrons. The summed E-state index contributed by atoms with van der Waals surface area (Å²) >= 11 is 0. The molecule has 0 saturated heterocycles. The fraction of sp³-hybridized carbons (Fsp3) is 0. The first-order chi connectivity index (χ1) is 13.5. The molecule has 0 unspecified atom stereocenters. The van der Waals surface area contributed by atoms with Crippen molar-refractivity contribution >= 4 is 32.3 Å². The number of para-hydroxylation sites is 1. The summed E-state index contributed by atoms with van der Waals surface area (Å²) in [4.78, 5) is 0.0313. The predicted octanol–water partition coefficient (Wildman–Crippen LogP) is 3.38. The second kappa shape index (κ2) is 7.26. The number of hydrazine groups is 1. The molecule has 0 aliphatic carbocycles. The van der Waals surface area contributed by atoms with E-state index in [2.05, 4.69) is 21.0 Å². The van der Waals surface area contributed by atoms with Gasteiger partial charge >= 0.3 is 0 Å². The van der Waals surface area contributed by atoms with Crippen LogP contribution < -0.4 is 16.0 Å². The highest BCUT2D eigenvalue weighted by molar-refractivity contribution is 7.89. The second-order valence-electron chi connectivity index (χ2n) is 6.13. The molecule has 0 bridgehead atoms. The normalized spacial score (nSPS) is 11.3. The lowest BCUT2D eigenvalue weighted by atomic mass is 10.0. The average Bonchev–Trinajstić information content (AvgIpc) is 2.72. The molecule has 0 aliphatic heterocycles. The molecule has 4 N–H and O–H groups in total. The van der Waals surface area contributed by atoms with Crippen LogP contribution in [0.3, 0.4) is 0 Å². The van der Waals surface area contributed by atoms with Gasteiger partial charge in [-0.3, -0.25) is 10.9 Å². The summed E-state index contributed by atoms with van der Waals surface area (Å²) in [5.74, 6) is 0.561. The third-order valence-electron chi connectivity index (χ3n) is 4.22. The lowest BCUT2D eigenvalue weighted by molar-refractivity contribution is 0.598. The average molecular weight is 391 g/mol. The summed E-state index contributed by atoms with van der Waals surface area (Å²) in [6.07, 6.45) is 0. The van der Waals surface area contributed by atoms with Crippen LogP contribution in [0.1, 0.15) is 0 Å². The lowest BCUT2D eigenvalue weighted by Gasteiger charge is -2.13. The molecule has 8 heteroatoms. The van der Waals surface area contributed by atoms with E-state index in [1.807, 2.05) is 54.6 Å². The van der Waals surface area contributed by atoms with Crippen LogP contribution in [0.2, 0.25) is 0 Å². The van der Waals surface area contributed by atoms with Crippen LogP contribution in [0.5, 0.6) is 0 Å². The zero-order valence-corrected chi connectivity index (χ0v) is 15.5. The van der Waals surface area contributed by atoms with Gasteiger partial charge in [-0.25, -0.2) is 13.6 Å². The van der Waals surface area contributed by atoms with Crippen molar-refractivity contribution < 1.29 is 8.42 Å². The molecule has 1 heterocycles. The number of hydrogen-bond donors (Lipinski definition) is 3. The maximum Gasteiger partial charge on any atom is 0.238 e. The molecular weight excluding hydrogens is 374 g/mol. The SMILES string of the molecule is NS(=O)(=O)c1cccc(-c2nnc(NNc3ccccc3)c3ccccc23)c1. The highest BCUT2D eigenvalue weighted by atomic mass is 32.2. The minimum Gasteiger partial charge on any atom is -0.300 e. The number of benzene rings is 3. The van der Waals surface area contributed by atoms with Gasteiger partial charge in [-0.2, -0.15) is 0 Å². The van der Waals surface area contributed by atoms with Gasteiger partial charge in [0, 0.05) is 16.3 Å². The minimum atomic E-state index is -3.80. The van der Waals surface area contributed by atoms with Gasteiger partial charge in [-0.15, -0.1) is 10.2 Å². The zero-order chi connectivity index (χ0) is 19.6. The lowest BCUT2D eigenvalue weighted by Crippen LogP contribution is -2.12. The number of rotatable bonds is 5. The molecule has 0 atom stereocenters. The fourth-order valence-corrected chi connectivity index (χ4v) is 3.44. The van der Waals surface area contributed by atoms with Gasteiger partial charge in [0.1, 0.15) is 5.69 Å². The van der Waals surface area contributed by atoms with E-state index in [1.54, 1.807) is 12.1 Å². The van der Waals surface area contributed by atoms with E-state index in [0.29, 0.717) is 17.1 Å². The van der Waals surface area contributed by atoms with Crippen LogP contribution in [0.15, 0.2) is 83.8 Å². The van der Waals surface area contributed by atoms with Crippen molar-refractivity contribution in [3.63, 3.8) is 0 Å². The first-order valence-corrected chi connectivity index (χ1v) is 10.0. The molecule has 140 valence electrons. The number of anilines is 2. The number of sulfonamides is 1. The Morgan fingerprint density at radius 1 is 0.750 bits per heavy atom. The van der Waals surface area contributed by atoms with Crippen molar-refractivity contribution in [3.05, 3.63) is 78.9 Å². The van der Waals surface area contributed by atoms with E-state index >= 15 is 0 Å². The van der Waals surface area contributed by atoms with Crippen molar-refractivity contribution in [1.29, 1.82) is 0 Å².